The minimum atomic E-state index is -4.27. The maximum Gasteiger partial charge on any atom is 0.264 e. The predicted molar refractivity (Wildman–Crippen MR) is 186 cm³/mol. The summed E-state index contributed by atoms with van der Waals surface area (Å²) in [5.41, 5.74) is 2.46. The minimum absolute atomic E-state index is 0.00244. The summed E-state index contributed by atoms with van der Waals surface area (Å²) >= 11 is 19.0. The Hall–Kier alpha value is -3.56. The first kappa shape index (κ1) is 35.3. The van der Waals surface area contributed by atoms with Crippen LogP contribution in [-0.2, 0) is 32.6 Å². The predicted octanol–water partition coefficient (Wildman–Crippen LogP) is 7.56. The van der Waals surface area contributed by atoms with Crippen LogP contribution in [0.25, 0.3) is 0 Å². The van der Waals surface area contributed by atoms with Crippen molar-refractivity contribution in [1.82, 2.24) is 10.2 Å². The number of rotatable bonds is 13. The van der Waals surface area contributed by atoms with Crippen molar-refractivity contribution in [3.05, 3.63) is 129 Å². The summed E-state index contributed by atoms with van der Waals surface area (Å²) in [4.78, 5) is 29.8. The van der Waals surface area contributed by atoms with Crippen LogP contribution in [0, 0.1) is 12.8 Å². The molecule has 0 saturated heterocycles. The second kappa shape index (κ2) is 15.8. The maximum absolute atomic E-state index is 14.5. The van der Waals surface area contributed by atoms with Crippen LogP contribution in [-0.4, -0.2) is 44.3 Å². The van der Waals surface area contributed by atoms with Gasteiger partial charge in [0.25, 0.3) is 10.0 Å². The molecule has 1 unspecified atom stereocenters. The summed E-state index contributed by atoms with van der Waals surface area (Å²) in [6.45, 7) is 5.54. The number of sulfonamides is 1. The Morgan fingerprint density at radius 3 is 2.07 bits per heavy atom. The van der Waals surface area contributed by atoms with Gasteiger partial charge in [0.15, 0.2) is 0 Å². The van der Waals surface area contributed by atoms with Crippen LogP contribution in [0.2, 0.25) is 15.1 Å². The highest BCUT2D eigenvalue weighted by molar-refractivity contribution is 7.92. The van der Waals surface area contributed by atoms with E-state index in [-0.39, 0.29) is 45.4 Å². The van der Waals surface area contributed by atoms with E-state index in [1.54, 1.807) is 54.6 Å². The number of anilines is 1. The lowest BCUT2D eigenvalue weighted by atomic mass is 10.0. The van der Waals surface area contributed by atoms with Gasteiger partial charge in [0.2, 0.25) is 11.8 Å². The Balaban J connectivity index is 1.82. The molecule has 0 spiro atoms. The van der Waals surface area contributed by atoms with Crippen LogP contribution < -0.4 is 9.62 Å². The molecule has 46 heavy (non-hydrogen) atoms. The number of para-hydroxylation sites is 1. The number of halogens is 3. The maximum atomic E-state index is 14.5. The average molecular weight is 701 g/mol. The van der Waals surface area contributed by atoms with Crippen molar-refractivity contribution in [3.63, 3.8) is 0 Å². The molecule has 7 nitrogen and oxygen atoms in total. The Morgan fingerprint density at radius 1 is 0.783 bits per heavy atom. The van der Waals surface area contributed by atoms with Crippen molar-refractivity contribution in [1.29, 1.82) is 0 Å². The summed E-state index contributed by atoms with van der Waals surface area (Å²) in [5.74, 6) is -0.810. The van der Waals surface area contributed by atoms with Gasteiger partial charge in [-0.05, 0) is 60.4 Å². The Bertz CT molecular complexity index is 1770. The highest BCUT2D eigenvalue weighted by Crippen LogP contribution is 2.31. The number of benzene rings is 4. The van der Waals surface area contributed by atoms with Gasteiger partial charge < -0.3 is 10.2 Å². The van der Waals surface area contributed by atoms with Crippen molar-refractivity contribution in [3.8, 4) is 0 Å². The lowest BCUT2D eigenvalue weighted by Gasteiger charge is -2.34. The molecule has 242 valence electrons. The number of carbonyl (C=O) groups is 2. The Kier molecular flexibility index (Phi) is 12.1. The number of aryl methyl sites for hydroxylation is 1. The molecule has 0 aliphatic heterocycles. The van der Waals surface area contributed by atoms with Gasteiger partial charge in [-0.3, -0.25) is 13.9 Å². The number of nitrogens with zero attached hydrogens (tertiary/aromatic N) is 2. The van der Waals surface area contributed by atoms with Crippen LogP contribution in [0.3, 0.4) is 0 Å². The monoisotopic (exact) mass is 699 g/mol. The van der Waals surface area contributed by atoms with Crippen molar-refractivity contribution in [2.75, 3.05) is 17.4 Å². The molecule has 2 amide bonds. The third-order valence-corrected chi connectivity index (χ3v) is 10.1. The number of hydrogen-bond donors (Lipinski definition) is 1. The first-order chi connectivity index (χ1) is 21.9. The molecule has 0 bridgehead atoms. The zero-order chi connectivity index (χ0) is 33.4. The average Bonchev–Trinajstić information content (AvgIpc) is 3.03. The zero-order valence-corrected chi connectivity index (χ0v) is 28.9. The van der Waals surface area contributed by atoms with E-state index in [0.717, 1.165) is 15.4 Å². The highest BCUT2D eigenvalue weighted by Gasteiger charge is 2.35. The SMILES string of the molecule is Cc1ccc(S(=O)(=O)N(CC(=O)N(Cc2ccc(Cl)c(Cl)c2)C(Cc2ccccc2)C(=O)NCC(C)C)c2ccccc2Cl)cc1. The standard InChI is InChI=1S/C35H36Cl3N3O4S/c1-24(2)21-39-35(43)33(20-26-9-5-4-6-10-26)40(22-27-15-18-29(36)31(38)19-27)34(42)23-41(32-12-8-7-11-30(32)37)46(44,45)28-16-13-25(3)14-17-28/h4-19,24,33H,20-23H2,1-3H3,(H,39,43). The van der Waals surface area contributed by atoms with E-state index in [9.17, 15) is 18.0 Å². The molecule has 0 saturated carbocycles. The van der Waals surface area contributed by atoms with Crippen LogP contribution in [0.5, 0.6) is 0 Å². The fraction of sp³-hybridized carbons (Fsp3) is 0.257. The third kappa shape index (κ3) is 9.04. The van der Waals surface area contributed by atoms with E-state index in [1.165, 1.54) is 17.0 Å². The van der Waals surface area contributed by atoms with Crippen molar-refractivity contribution < 1.29 is 18.0 Å². The van der Waals surface area contributed by atoms with E-state index in [1.807, 2.05) is 51.1 Å². The molecule has 0 aliphatic rings. The van der Waals surface area contributed by atoms with Gasteiger partial charge in [0.1, 0.15) is 12.6 Å². The number of amides is 2. The summed E-state index contributed by atoms with van der Waals surface area (Å²) < 4.78 is 29.3. The molecule has 11 heteroatoms. The van der Waals surface area contributed by atoms with E-state index < -0.39 is 28.5 Å². The fourth-order valence-electron chi connectivity index (χ4n) is 4.82. The molecule has 1 N–H and O–H groups in total. The Labute approximate surface area is 286 Å². The van der Waals surface area contributed by atoms with Crippen molar-refractivity contribution in [2.24, 2.45) is 5.92 Å². The smallest absolute Gasteiger partial charge is 0.264 e. The Morgan fingerprint density at radius 2 is 1.43 bits per heavy atom. The summed E-state index contributed by atoms with van der Waals surface area (Å²) in [5, 5.41) is 3.74. The highest BCUT2D eigenvalue weighted by atomic mass is 35.5. The molecular weight excluding hydrogens is 665 g/mol. The molecule has 0 heterocycles. The van der Waals surface area contributed by atoms with Crippen LogP contribution in [0.1, 0.15) is 30.5 Å². The number of carbonyl (C=O) groups excluding carboxylic acids is 2. The van der Waals surface area contributed by atoms with Gasteiger partial charge in [0.05, 0.1) is 25.7 Å². The topological polar surface area (TPSA) is 86.8 Å². The minimum Gasteiger partial charge on any atom is -0.354 e. The second-order valence-corrected chi connectivity index (χ2v) is 14.5. The molecule has 4 rings (SSSR count). The molecule has 0 fully saturated rings. The molecular formula is C35H36Cl3N3O4S. The number of hydrogen-bond acceptors (Lipinski definition) is 4. The second-order valence-electron chi connectivity index (χ2n) is 11.4. The normalized spacial score (nSPS) is 12.1. The summed E-state index contributed by atoms with van der Waals surface area (Å²) in [6.07, 6.45) is 0.189. The van der Waals surface area contributed by atoms with Gasteiger partial charge >= 0.3 is 0 Å². The molecule has 1 atom stereocenters. The lowest BCUT2D eigenvalue weighted by Crippen LogP contribution is -2.53. The third-order valence-electron chi connectivity index (χ3n) is 7.30. The van der Waals surface area contributed by atoms with Gasteiger partial charge in [-0.2, -0.15) is 0 Å². The van der Waals surface area contributed by atoms with E-state index in [0.29, 0.717) is 17.1 Å². The van der Waals surface area contributed by atoms with Crippen molar-refractivity contribution >= 4 is 62.3 Å². The molecule has 4 aromatic rings. The summed E-state index contributed by atoms with van der Waals surface area (Å²) in [7, 11) is -4.27. The van der Waals surface area contributed by atoms with Crippen molar-refractivity contribution in [2.45, 2.75) is 44.7 Å². The van der Waals surface area contributed by atoms with Gasteiger partial charge in [-0.25, -0.2) is 8.42 Å². The van der Waals surface area contributed by atoms with Gasteiger partial charge in [0, 0.05) is 19.5 Å². The van der Waals surface area contributed by atoms with E-state index >= 15 is 0 Å². The van der Waals surface area contributed by atoms with Gasteiger partial charge in [-0.15, -0.1) is 0 Å². The molecule has 0 radical (unpaired) electrons. The number of nitrogens with one attached hydrogen (secondary N) is 1. The van der Waals surface area contributed by atoms with E-state index in [2.05, 4.69) is 5.32 Å². The first-order valence-corrected chi connectivity index (χ1v) is 17.3. The fourth-order valence-corrected chi connectivity index (χ4v) is 6.86. The zero-order valence-electron chi connectivity index (χ0n) is 25.8. The lowest BCUT2D eigenvalue weighted by molar-refractivity contribution is -0.140. The molecule has 0 aliphatic carbocycles. The van der Waals surface area contributed by atoms with Crippen LogP contribution in [0.15, 0.2) is 102 Å². The van der Waals surface area contributed by atoms with E-state index in [4.69, 9.17) is 34.8 Å². The molecule has 4 aromatic carbocycles. The van der Waals surface area contributed by atoms with Crippen LogP contribution >= 0.6 is 34.8 Å². The molecule has 0 aromatic heterocycles. The summed E-state index contributed by atoms with van der Waals surface area (Å²) in [6, 6.07) is 26.1. The van der Waals surface area contributed by atoms with Crippen LogP contribution in [0.4, 0.5) is 5.69 Å². The largest absolute Gasteiger partial charge is 0.354 e. The quantitative estimate of drug-likeness (QED) is 0.156. The first-order valence-electron chi connectivity index (χ1n) is 14.8. The van der Waals surface area contributed by atoms with Gasteiger partial charge in [-0.1, -0.05) is 115 Å².